The van der Waals surface area contributed by atoms with Crippen molar-refractivity contribution in [2.75, 3.05) is 19.5 Å². The van der Waals surface area contributed by atoms with Crippen molar-refractivity contribution in [1.82, 2.24) is 5.32 Å². The van der Waals surface area contributed by atoms with Crippen LogP contribution in [0.1, 0.15) is 23.1 Å². The number of nitrogens with one attached hydrogen (secondary N) is 1. The molecular formula is C14H20ClNO2. The van der Waals surface area contributed by atoms with E-state index in [2.05, 4.69) is 24.4 Å². The average molecular weight is 270 g/mol. The molecule has 0 aliphatic rings. The summed E-state index contributed by atoms with van der Waals surface area (Å²) in [5.74, 6) is 1.26. The van der Waals surface area contributed by atoms with Crippen molar-refractivity contribution >= 4 is 17.5 Å². The maximum absolute atomic E-state index is 11.3. The van der Waals surface area contributed by atoms with E-state index in [9.17, 15) is 4.79 Å². The Morgan fingerprint density at radius 2 is 2.11 bits per heavy atom. The lowest BCUT2D eigenvalue weighted by molar-refractivity contribution is -0.120. The number of hydrogen-bond acceptors (Lipinski definition) is 2. The van der Waals surface area contributed by atoms with Gasteiger partial charge in [0.05, 0.1) is 7.11 Å². The van der Waals surface area contributed by atoms with Crippen LogP contribution in [0.15, 0.2) is 12.1 Å². The number of halogens is 1. The van der Waals surface area contributed by atoms with E-state index in [0.717, 1.165) is 23.3 Å². The van der Waals surface area contributed by atoms with E-state index in [1.807, 2.05) is 6.92 Å². The summed E-state index contributed by atoms with van der Waals surface area (Å²) in [6.45, 7) is 4.69. The maximum Gasteiger partial charge on any atom is 0.221 e. The van der Waals surface area contributed by atoms with Crippen LogP contribution in [0.2, 0.25) is 0 Å². The molecule has 0 saturated carbocycles. The highest BCUT2D eigenvalue weighted by Crippen LogP contribution is 2.25. The van der Waals surface area contributed by atoms with Crippen LogP contribution < -0.4 is 10.1 Å². The fraction of sp³-hybridized carbons (Fsp3) is 0.500. The lowest BCUT2D eigenvalue weighted by Crippen LogP contribution is -2.25. The molecule has 1 aromatic rings. The van der Waals surface area contributed by atoms with Crippen LogP contribution in [0, 0.1) is 13.8 Å². The summed E-state index contributed by atoms with van der Waals surface area (Å²) in [6.07, 6.45) is 1.13. The van der Waals surface area contributed by atoms with Gasteiger partial charge in [-0.25, -0.2) is 0 Å². The predicted molar refractivity (Wildman–Crippen MR) is 74.5 cm³/mol. The molecule has 1 N–H and O–H groups in total. The largest absolute Gasteiger partial charge is 0.496 e. The standard InChI is InChI=1S/C14H20ClNO2/c1-10-8-11(2)14(18-3)12(9-10)5-7-16-13(17)4-6-15/h8-9H,4-7H2,1-3H3,(H,16,17). The maximum atomic E-state index is 11.3. The summed E-state index contributed by atoms with van der Waals surface area (Å²) in [6, 6.07) is 4.19. The zero-order chi connectivity index (χ0) is 13.5. The minimum absolute atomic E-state index is 0.00616. The smallest absolute Gasteiger partial charge is 0.221 e. The second kappa shape index (κ2) is 7.27. The first kappa shape index (κ1) is 14.8. The summed E-state index contributed by atoms with van der Waals surface area (Å²) >= 11 is 5.50. The number of rotatable bonds is 6. The van der Waals surface area contributed by atoms with Gasteiger partial charge in [0.1, 0.15) is 5.75 Å². The zero-order valence-electron chi connectivity index (χ0n) is 11.2. The van der Waals surface area contributed by atoms with Gasteiger partial charge in [0.25, 0.3) is 0 Å². The van der Waals surface area contributed by atoms with Crippen molar-refractivity contribution < 1.29 is 9.53 Å². The number of ether oxygens (including phenoxy) is 1. The van der Waals surface area contributed by atoms with Crippen molar-refractivity contribution in [2.24, 2.45) is 0 Å². The van der Waals surface area contributed by atoms with Crippen LogP contribution in [-0.2, 0) is 11.2 Å². The van der Waals surface area contributed by atoms with Crippen LogP contribution >= 0.6 is 11.6 Å². The number of benzene rings is 1. The molecule has 0 radical (unpaired) electrons. The van der Waals surface area contributed by atoms with Gasteiger partial charge >= 0.3 is 0 Å². The Bertz CT molecular complexity index is 419. The number of aryl methyl sites for hydroxylation is 2. The minimum atomic E-state index is -0.00616. The summed E-state index contributed by atoms with van der Waals surface area (Å²) in [7, 11) is 1.67. The highest BCUT2D eigenvalue weighted by atomic mass is 35.5. The SMILES string of the molecule is COc1c(C)cc(C)cc1CCNC(=O)CCCl. The third kappa shape index (κ3) is 4.22. The van der Waals surface area contributed by atoms with E-state index in [-0.39, 0.29) is 5.91 Å². The van der Waals surface area contributed by atoms with Gasteiger partial charge in [-0.05, 0) is 31.4 Å². The van der Waals surface area contributed by atoms with Crippen LogP contribution in [0.5, 0.6) is 5.75 Å². The van der Waals surface area contributed by atoms with Crippen molar-refractivity contribution in [3.8, 4) is 5.75 Å². The highest BCUT2D eigenvalue weighted by Gasteiger charge is 2.08. The molecule has 18 heavy (non-hydrogen) atoms. The third-order valence-electron chi connectivity index (χ3n) is 2.74. The molecule has 0 fully saturated rings. The lowest BCUT2D eigenvalue weighted by Gasteiger charge is -2.13. The summed E-state index contributed by atoms with van der Waals surface area (Å²) in [5, 5.41) is 2.84. The Morgan fingerprint density at radius 1 is 1.39 bits per heavy atom. The van der Waals surface area contributed by atoms with Gasteiger partial charge < -0.3 is 10.1 Å². The summed E-state index contributed by atoms with van der Waals surface area (Å²) < 4.78 is 5.40. The normalized spacial score (nSPS) is 10.2. The van der Waals surface area contributed by atoms with Gasteiger partial charge in [0.2, 0.25) is 5.91 Å². The zero-order valence-corrected chi connectivity index (χ0v) is 11.9. The van der Waals surface area contributed by atoms with Gasteiger partial charge in [-0.15, -0.1) is 11.6 Å². The third-order valence-corrected chi connectivity index (χ3v) is 2.93. The Kier molecular flexibility index (Phi) is 5.99. The van der Waals surface area contributed by atoms with Crippen molar-refractivity contribution in [3.05, 3.63) is 28.8 Å². The van der Waals surface area contributed by atoms with Crippen LogP contribution in [-0.4, -0.2) is 25.4 Å². The van der Waals surface area contributed by atoms with Gasteiger partial charge in [-0.3, -0.25) is 4.79 Å². The Hall–Kier alpha value is -1.22. The highest BCUT2D eigenvalue weighted by molar-refractivity contribution is 6.18. The number of carbonyl (C=O) groups excluding carboxylic acids is 1. The molecule has 0 aliphatic carbocycles. The van der Waals surface area contributed by atoms with E-state index in [1.54, 1.807) is 7.11 Å². The predicted octanol–water partition coefficient (Wildman–Crippen LogP) is 2.60. The first-order valence-corrected chi connectivity index (χ1v) is 6.58. The molecule has 0 aromatic heterocycles. The molecule has 0 aliphatic heterocycles. The van der Waals surface area contributed by atoms with Gasteiger partial charge in [-0.1, -0.05) is 17.7 Å². The van der Waals surface area contributed by atoms with Crippen molar-refractivity contribution in [2.45, 2.75) is 26.7 Å². The van der Waals surface area contributed by atoms with Crippen LogP contribution in [0.4, 0.5) is 0 Å². The van der Waals surface area contributed by atoms with Gasteiger partial charge in [-0.2, -0.15) is 0 Å². The monoisotopic (exact) mass is 269 g/mol. The molecule has 0 spiro atoms. The molecule has 0 bridgehead atoms. The Balaban J connectivity index is 2.64. The first-order chi connectivity index (χ1) is 8.58. The molecular weight excluding hydrogens is 250 g/mol. The van der Waals surface area contributed by atoms with Crippen LogP contribution in [0.3, 0.4) is 0 Å². The molecule has 4 heteroatoms. The van der Waals surface area contributed by atoms with E-state index < -0.39 is 0 Å². The molecule has 0 unspecified atom stereocenters. The molecule has 1 aromatic carbocycles. The first-order valence-electron chi connectivity index (χ1n) is 6.05. The molecule has 0 saturated heterocycles. The Labute approximate surface area is 113 Å². The fourth-order valence-corrected chi connectivity index (χ4v) is 2.20. The molecule has 3 nitrogen and oxygen atoms in total. The molecule has 1 rings (SSSR count). The quantitative estimate of drug-likeness (QED) is 0.806. The van der Waals surface area contributed by atoms with Crippen LogP contribution in [0.25, 0.3) is 0 Å². The molecule has 0 atom stereocenters. The molecule has 100 valence electrons. The number of hydrogen-bond donors (Lipinski definition) is 1. The van der Waals surface area contributed by atoms with E-state index >= 15 is 0 Å². The van der Waals surface area contributed by atoms with E-state index in [0.29, 0.717) is 18.8 Å². The average Bonchev–Trinajstić information content (AvgIpc) is 2.28. The fourth-order valence-electron chi connectivity index (χ4n) is 2.03. The summed E-state index contributed by atoms with van der Waals surface area (Å²) in [5.41, 5.74) is 3.45. The van der Waals surface area contributed by atoms with Gasteiger partial charge in [0.15, 0.2) is 0 Å². The second-order valence-electron chi connectivity index (χ2n) is 4.31. The topological polar surface area (TPSA) is 38.3 Å². The molecule has 1 amide bonds. The van der Waals surface area contributed by atoms with Crippen molar-refractivity contribution in [3.63, 3.8) is 0 Å². The minimum Gasteiger partial charge on any atom is -0.496 e. The second-order valence-corrected chi connectivity index (χ2v) is 4.69. The number of alkyl halides is 1. The number of methoxy groups -OCH3 is 1. The van der Waals surface area contributed by atoms with E-state index in [4.69, 9.17) is 16.3 Å². The number of carbonyl (C=O) groups is 1. The molecule has 0 heterocycles. The summed E-state index contributed by atoms with van der Waals surface area (Å²) in [4.78, 5) is 11.3. The Morgan fingerprint density at radius 3 is 2.72 bits per heavy atom. The lowest BCUT2D eigenvalue weighted by atomic mass is 10.0. The van der Waals surface area contributed by atoms with Crippen molar-refractivity contribution in [1.29, 1.82) is 0 Å². The number of amides is 1. The van der Waals surface area contributed by atoms with E-state index in [1.165, 1.54) is 5.56 Å². The van der Waals surface area contributed by atoms with Gasteiger partial charge in [0, 0.05) is 18.8 Å².